The van der Waals surface area contributed by atoms with Crippen LogP contribution in [0.3, 0.4) is 0 Å². The summed E-state index contributed by atoms with van der Waals surface area (Å²) in [5.41, 5.74) is 0.0786. The second-order valence-corrected chi connectivity index (χ2v) is 7.18. The Morgan fingerprint density at radius 1 is 1.22 bits per heavy atom. The number of hydrogen-bond acceptors (Lipinski definition) is 5. The van der Waals surface area contributed by atoms with E-state index in [9.17, 15) is 0 Å². The van der Waals surface area contributed by atoms with Crippen LogP contribution in [0.15, 0.2) is 4.42 Å². The van der Waals surface area contributed by atoms with Crippen molar-refractivity contribution in [3.05, 3.63) is 11.8 Å². The molecule has 0 atom stereocenters. The summed E-state index contributed by atoms with van der Waals surface area (Å²) < 4.78 is 5.69. The SMILES string of the molecule is CC(C)(C)NCc1nnc(CC2CCSCC2)o1. The second kappa shape index (κ2) is 6.06. The molecule has 0 amide bonds. The lowest BCUT2D eigenvalue weighted by atomic mass is 9.99. The van der Waals surface area contributed by atoms with Gasteiger partial charge in [-0.3, -0.25) is 0 Å². The molecule has 0 spiro atoms. The summed E-state index contributed by atoms with van der Waals surface area (Å²) in [6, 6.07) is 0. The normalized spacial score (nSPS) is 18.2. The van der Waals surface area contributed by atoms with Gasteiger partial charge in [-0.1, -0.05) is 0 Å². The van der Waals surface area contributed by atoms with Crippen molar-refractivity contribution in [2.45, 2.75) is 52.1 Å². The van der Waals surface area contributed by atoms with Crippen molar-refractivity contribution < 1.29 is 4.42 Å². The molecule has 0 aromatic carbocycles. The largest absolute Gasteiger partial charge is 0.424 e. The molecule has 0 bridgehead atoms. The Bertz CT molecular complexity index is 367. The van der Waals surface area contributed by atoms with E-state index in [1.165, 1.54) is 24.3 Å². The highest BCUT2D eigenvalue weighted by atomic mass is 32.2. The molecule has 0 radical (unpaired) electrons. The van der Waals surface area contributed by atoms with Crippen LogP contribution >= 0.6 is 11.8 Å². The first-order chi connectivity index (χ1) is 8.53. The average Bonchev–Trinajstić information content (AvgIpc) is 2.75. The molecule has 102 valence electrons. The molecule has 1 fully saturated rings. The van der Waals surface area contributed by atoms with Gasteiger partial charge >= 0.3 is 0 Å². The van der Waals surface area contributed by atoms with Gasteiger partial charge in [0.1, 0.15) is 0 Å². The summed E-state index contributed by atoms with van der Waals surface area (Å²) >= 11 is 2.05. The molecular weight excluding hydrogens is 246 g/mol. The van der Waals surface area contributed by atoms with Crippen molar-refractivity contribution in [2.24, 2.45) is 5.92 Å². The standard InChI is InChI=1S/C13H23N3OS/c1-13(2,3)14-9-12-16-15-11(17-12)8-10-4-6-18-7-5-10/h10,14H,4-9H2,1-3H3. The van der Waals surface area contributed by atoms with Crippen LogP contribution in [0.1, 0.15) is 45.4 Å². The van der Waals surface area contributed by atoms with E-state index < -0.39 is 0 Å². The Hall–Kier alpha value is -0.550. The van der Waals surface area contributed by atoms with E-state index in [-0.39, 0.29) is 5.54 Å². The lowest BCUT2D eigenvalue weighted by Gasteiger charge is -2.19. The van der Waals surface area contributed by atoms with Gasteiger partial charge in [0, 0.05) is 12.0 Å². The Morgan fingerprint density at radius 3 is 2.56 bits per heavy atom. The average molecular weight is 269 g/mol. The predicted molar refractivity (Wildman–Crippen MR) is 74.6 cm³/mol. The van der Waals surface area contributed by atoms with Gasteiger partial charge in [-0.05, 0) is 51.0 Å². The minimum atomic E-state index is 0.0786. The van der Waals surface area contributed by atoms with E-state index in [2.05, 4.69) is 36.3 Å². The van der Waals surface area contributed by atoms with Crippen LogP contribution in [0.4, 0.5) is 0 Å². The summed E-state index contributed by atoms with van der Waals surface area (Å²) in [4.78, 5) is 0. The predicted octanol–water partition coefficient (Wildman–Crippen LogP) is 2.64. The van der Waals surface area contributed by atoms with Crippen LogP contribution in [0.25, 0.3) is 0 Å². The maximum atomic E-state index is 5.69. The van der Waals surface area contributed by atoms with E-state index in [0.29, 0.717) is 12.4 Å². The summed E-state index contributed by atoms with van der Waals surface area (Å²) in [5.74, 6) is 4.78. The highest BCUT2D eigenvalue weighted by Gasteiger charge is 2.18. The topological polar surface area (TPSA) is 51.0 Å². The number of aromatic nitrogens is 2. The zero-order valence-corrected chi connectivity index (χ0v) is 12.3. The molecule has 1 aliphatic heterocycles. The summed E-state index contributed by atoms with van der Waals surface area (Å²) in [7, 11) is 0. The van der Waals surface area contributed by atoms with Crippen molar-refractivity contribution in [3.8, 4) is 0 Å². The molecule has 0 unspecified atom stereocenters. The van der Waals surface area contributed by atoms with Crippen LogP contribution in [-0.2, 0) is 13.0 Å². The molecule has 0 aliphatic carbocycles. The molecule has 2 heterocycles. The Morgan fingerprint density at radius 2 is 1.89 bits per heavy atom. The second-order valence-electron chi connectivity index (χ2n) is 5.95. The molecule has 2 rings (SSSR count). The van der Waals surface area contributed by atoms with Crippen molar-refractivity contribution in [1.29, 1.82) is 0 Å². The fourth-order valence-corrected chi connectivity index (χ4v) is 3.18. The first kappa shape index (κ1) is 13.9. The molecule has 5 heteroatoms. The number of thioether (sulfide) groups is 1. The van der Waals surface area contributed by atoms with Gasteiger partial charge in [-0.15, -0.1) is 10.2 Å². The highest BCUT2D eigenvalue weighted by Crippen LogP contribution is 2.25. The van der Waals surface area contributed by atoms with Gasteiger partial charge in [0.05, 0.1) is 6.54 Å². The monoisotopic (exact) mass is 269 g/mol. The molecule has 1 aromatic rings. The van der Waals surface area contributed by atoms with E-state index >= 15 is 0 Å². The number of rotatable bonds is 4. The van der Waals surface area contributed by atoms with Gasteiger partial charge in [0.25, 0.3) is 0 Å². The number of nitrogens with one attached hydrogen (secondary N) is 1. The quantitative estimate of drug-likeness (QED) is 0.910. The third-order valence-electron chi connectivity index (χ3n) is 3.08. The first-order valence-electron chi connectivity index (χ1n) is 6.67. The maximum Gasteiger partial charge on any atom is 0.230 e. The van der Waals surface area contributed by atoms with Gasteiger partial charge in [0.2, 0.25) is 11.8 Å². The number of hydrogen-bond donors (Lipinski definition) is 1. The molecular formula is C13H23N3OS. The van der Waals surface area contributed by atoms with E-state index in [1.807, 2.05) is 11.8 Å². The Balaban J connectivity index is 1.82. The van der Waals surface area contributed by atoms with Crippen molar-refractivity contribution >= 4 is 11.8 Å². The third kappa shape index (κ3) is 4.61. The van der Waals surface area contributed by atoms with E-state index in [0.717, 1.165) is 18.2 Å². The molecule has 4 nitrogen and oxygen atoms in total. The van der Waals surface area contributed by atoms with Gasteiger partial charge in [-0.25, -0.2) is 0 Å². The van der Waals surface area contributed by atoms with E-state index in [4.69, 9.17) is 4.42 Å². The van der Waals surface area contributed by atoms with Crippen LogP contribution in [0.2, 0.25) is 0 Å². The van der Waals surface area contributed by atoms with Gasteiger partial charge in [0.15, 0.2) is 0 Å². The summed E-state index contributed by atoms with van der Waals surface area (Å²) in [5, 5.41) is 11.6. The maximum absolute atomic E-state index is 5.69. The first-order valence-corrected chi connectivity index (χ1v) is 7.82. The molecule has 0 saturated carbocycles. The smallest absolute Gasteiger partial charge is 0.230 e. The van der Waals surface area contributed by atoms with Crippen LogP contribution in [0, 0.1) is 5.92 Å². The Labute approximate surface area is 113 Å². The fraction of sp³-hybridized carbons (Fsp3) is 0.846. The summed E-state index contributed by atoms with van der Waals surface area (Å²) in [6.45, 7) is 7.04. The lowest BCUT2D eigenvalue weighted by Crippen LogP contribution is -2.35. The molecule has 1 aliphatic rings. The molecule has 1 saturated heterocycles. The van der Waals surface area contributed by atoms with Crippen LogP contribution in [-0.4, -0.2) is 27.2 Å². The third-order valence-corrected chi connectivity index (χ3v) is 4.13. The lowest BCUT2D eigenvalue weighted by molar-refractivity contribution is 0.355. The Kier molecular flexibility index (Phi) is 4.67. The van der Waals surface area contributed by atoms with Crippen molar-refractivity contribution in [3.63, 3.8) is 0 Å². The molecule has 1 aromatic heterocycles. The van der Waals surface area contributed by atoms with Crippen LogP contribution in [0.5, 0.6) is 0 Å². The van der Waals surface area contributed by atoms with Gasteiger partial charge < -0.3 is 9.73 Å². The minimum absolute atomic E-state index is 0.0786. The van der Waals surface area contributed by atoms with Crippen molar-refractivity contribution in [1.82, 2.24) is 15.5 Å². The highest BCUT2D eigenvalue weighted by molar-refractivity contribution is 7.99. The fourth-order valence-electron chi connectivity index (χ4n) is 1.98. The van der Waals surface area contributed by atoms with Crippen molar-refractivity contribution in [2.75, 3.05) is 11.5 Å². The minimum Gasteiger partial charge on any atom is -0.424 e. The van der Waals surface area contributed by atoms with Crippen LogP contribution < -0.4 is 5.32 Å². The zero-order chi connectivity index (χ0) is 13.0. The van der Waals surface area contributed by atoms with Gasteiger partial charge in [-0.2, -0.15) is 11.8 Å². The summed E-state index contributed by atoms with van der Waals surface area (Å²) in [6.07, 6.45) is 3.51. The number of nitrogens with zero attached hydrogens (tertiary/aromatic N) is 2. The van der Waals surface area contributed by atoms with E-state index in [1.54, 1.807) is 0 Å². The molecule has 18 heavy (non-hydrogen) atoms. The molecule has 1 N–H and O–H groups in total. The zero-order valence-electron chi connectivity index (χ0n) is 11.5.